The zero-order valence-electron chi connectivity index (χ0n) is 13.1. The summed E-state index contributed by atoms with van der Waals surface area (Å²) in [5.74, 6) is 1.50. The van der Waals surface area contributed by atoms with E-state index in [-0.39, 0.29) is 11.8 Å². The zero-order chi connectivity index (χ0) is 15.6. The quantitative estimate of drug-likeness (QED) is 0.872. The summed E-state index contributed by atoms with van der Waals surface area (Å²) in [5, 5.41) is 4.12. The van der Waals surface area contributed by atoms with Crippen molar-refractivity contribution in [2.45, 2.75) is 50.5 Å². The Morgan fingerprint density at radius 3 is 2.65 bits per heavy atom. The Labute approximate surface area is 135 Å². The van der Waals surface area contributed by atoms with E-state index >= 15 is 0 Å². The predicted octanol–water partition coefficient (Wildman–Crippen LogP) is 3.39. The maximum atomic E-state index is 12.4. The average Bonchev–Trinajstić information content (AvgIpc) is 3.23. The molecule has 1 aliphatic heterocycles. The molecule has 2 heterocycles. The fourth-order valence-electron chi connectivity index (χ4n) is 3.75. The Morgan fingerprint density at radius 1 is 1.09 bits per heavy atom. The number of hydrogen-bond acceptors (Lipinski definition) is 4. The van der Waals surface area contributed by atoms with E-state index in [1.54, 1.807) is 0 Å². The van der Waals surface area contributed by atoms with Crippen molar-refractivity contribution in [3.8, 4) is 11.5 Å². The van der Waals surface area contributed by atoms with E-state index in [0.717, 1.165) is 24.9 Å². The fourth-order valence-corrected chi connectivity index (χ4v) is 3.75. The van der Waals surface area contributed by atoms with E-state index in [1.165, 1.54) is 19.3 Å². The van der Waals surface area contributed by atoms with Gasteiger partial charge in [-0.05, 0) is 25.0 Å². The molecule has 1 amide bonds. The van der Waals surface area contributed by atoms with E-state index in [9.17, 15) is 4.79 Å². The van der Waals surface area contributed by atoms with Crippen LogP contribution in [-0.4, -0.2) is 33.5 Å². The van der Waals surface area contributed by atoms with Crippen molar-refractivity contribution >= 4 is 5.91 Å². The van der Waals surface area contributed by atoms with Crippen LogP contribution in [0, 0.1) is 0 Å². The van der Waals surface area contributed by atoms with Gasteiger partial charge in [-0.2, -0.15) is 4.98 Å². The first kappa shape index (κ1) is 14.4. The third kappa shape index (κ3) is 2.87. The van der Waals surface area contributed by atoms with Crippen LogP contribution in [0.15, 0.2) is 34.9 Å². The monoisotopic (exact) mass is 311 g/mol. The number of rotatable bonds is 3. The summed E-state index contributed by atoms with van der Waals surface area (Å²) in [6.45, 7) is 0.733. The van der Waals surface area contributed by atoms with Crippen LogP contribution in [0.4, 0.5) is 0 Å². The highest BCUT2D eigenvalue weighted by atomic mass is 16.5. The summed E-state index contributed by atoms with van der Waals surface area (Å²) in [6, 6.07) is 10.2. The first-order valence-electron chi connectivity index (χ1n) is 8.50. The van der Waals surface area contributed by atoms with E-state index in [4.69, 9.17) is 4.52 Å². The molecule has 2 fully saturated rings. The second-order valence-corrected chi connectivity index (χ2v) is 6.56. The van der Waals surface area contributed by atoms with Crippen LogP contribution in [-0.2, 0) is 4.79 Å². The van der Waals surface area contributed by atoms with Gasteiger partial charge in [0, 0.05) is 30.5 Å². The van der Waals surface area contributed by atoms with Crippen LogP contribution in [0.25, 0.3) is 11.5 Å². The lowest BCUT2D eigenvalue weighted by Gasteiger charge is -2.31. The molecule has 1 aliphatic carbocycles. The Hall–Kier alpha value is -2.17. The number of nitrogens with zero attached hydrogens (tertiary/aromatic N) is 3. The average molecular weight is 311 g/mol. The first-order valence-corrected chi connectivity index (χ1v) is 8.50. The number of carbonyl (C=O) groups excluding carboxylic acids is 1. The van der Waals surface area contributed by atoms with Crippen LogP contribution in [0.1, 0.15) is 50.3 Å². The van der Waals surface area contributed by atoms with Crippen molar-refractivity contribution in [2.75, 3.05) is 6.54 Å². The first-order chi connectivity index (χ1) is 11.3. The highest BCUT2D eigenvalue weighted by Crippen LogP contribution is 2.33. The standard InChI is InChI=1S/C18H21N3O2/c22-16-11-14(12-21(16)15-9-5-2-6-10-15)17-19-18(23-20-17)13-7-3-1-4-8-13/h1,3-4,7-8,14-15H,2,5-6,9-12H2/t14-/m1/s1. The molecule has 2 aromatic rings. The second kappa shape index (κ2) is 6.14. The van der Waals surface area contributed by atoms with Gasteiger partial charge in [-0.25, -0.2) is 0 Å². The molecule has 0 N–H and O–H groups in total. The molecule has 0 radical (unpaired) electrons. The number of hydrogen-bond donors (Lipinski definition) is 0. The van der Waals surface area contributed by atoms with Gasteiger partial charge in [0.2, 0.25) is 5.91 Å². The zero-order valence-corrected chi connectivity index (χ0v) is 13.1. The molecule has 4 rings (SSSR count). The smallest absolute Gasteiger partial charge is 0.257 e. The molecule has 1 aromatic heterocycles. The molecular formula is C18H21N3O2. The van der Waals surface area contributed by atoms with Gasteiger partial charge < -0.3 is 9.42 Å². The van der Waals surface area contributed by atoms with Gasteiger partial charge in [0.05, 0.1) is 0 Å². The number of carbonyl (C=O) groups is 1. The molecule has 1 aromatic carbocycles. The Bertz CT molecular complexity index is 677. The minimum absolute atomic E-state index is 0.0608. The molecule has 2 aliphatic rings. The highest BCUT2D eigenvalue weighted by molar-refractivity contribution is 5.80. The normalized spacial score (nSPS) is 22.7. The van der Waals surface area contributed by atoms with Gasteiger partial charge in [-0.15, -0.1) is 0 Å². The van der Waals surface area contributed by atoms with Crippen molar-refractivity contribution in [2.24, 2.45) is 0 Å². The maximum Gasteiger partial charge on any atom is 0.257 e. The summed E-state index contributed by atoms with van der Waals surface area (Å²) >= 11 is 0. The number of benzene rings is 1. The topological polar surface area (TPSA) is 59.2 Å². The third-order valence-electron chi connectivity index (χ3n) is 5.00. The van der Waals surface area contributed by atoms with Crippen LogP contribution in [0.3, 0.4) is 0 Å². The van der Waals surface area contributed by atoms with E-state index in [0.29, 0.717) is 24.2 Å². The molecule has 1 atom stereocenters. The van der Waals surface area contributed by atoms with Gasteiger partial charge in [0.25, 0.3) is 5.89 Å². The van der Waals surface area contributed by atoms with Gasteiger partial charge in [0.1, 0.15) is 0 Å². The second-order valence-electron chi connectivity index (χ2n) is 6.56. The van der Waals surface area contributed by atoms with Crippen molar-refractivity contribution in [3.05, 3.63) is 36.2 Å². The van der Waals surface area contributed by atoms with E-state index in [1.807, 2.05) is 30.3 Å². The van der Waals surface area contributed by atoms with Gasteiger partial charge in [0.15, 0.2) is 5.82 Å². The van der Waals surface area contributed by atoms with E-state index < -0.39 is 0 Å². The van der Waals surface area contributed by atoms with Gasteiger partial charge in [-0.3, -0.25) is 4.79 Å². The third-order valence-corrected chi connectivity index (χ3v) is 5.00. The van der Waals surface area contributed by atoms with Gasteiger partial charge >= 0.3 is 0 Å². The minimum Gasteiger partial charge on any atom is -0.339 e. The summed E-state index contributed by atoms with van der Waals surface area (Å²) < 4.78 is 5.39. The molecule has 23 heavy (non-hydrogen) atoms. The minimum atomic E-state index is 0.0608. The predicted molar refractivity (Wildman–Crippen MR) is 85.7 cm³/mol. The lowest BCUT2D eigenvalue weighted by atomic mass is 9.94. The van der Waals surface area contributed by atoms with Crippen LogP contribution in [0.5, 0.6) is 0 Å². The molecule has 0 unspecified atom stereocenters. The highest BCUT2D eigenvalue weighted by Gasteiger charge is 2.37. The largest absolute Gasteiger partial charge is 0.339 e. The lowest BCUT2D eigenvalue weighted by Crippen LogP contribution is -2.37. The van der Waals surface area contributed by atoms with Crippen molar-refractivity contribution in [1.82, 2.24) is 15.0 Å². The number of amides is 1. The van der Waals surface area contributed by atoms with Gasteiger partial charge in [-0.1, -0.05) is 42.6 Å². The maximum absolute atomic E-state index is 12.4. The molecular weight excluding hydrogens is 290 g/mol. The molecule has 1 saturated carbocycles. The molecule has 120 valence electrons. The SMILES string of the molecule is O=C1C[C@@H](c2noc(-c3ccccc3)n2)CN1C1CCCCC1. The van der Waals surface area contributed by atoms with Crippen LogP contribution >= 0.6 is 0 Å². The van der Waals surface area contributed by atoms with Crippen LogP contribution < -0.4 is 0 Å². The summed E-state index contributed by atoms with van der Waals surface area (Å²) in [7, 11) is 0. The van der Waals surface area contributed by atoms with Crippen molar-refractivity contribution in [3.63, 3.8) is 0 Å². The van der Waals surface area contributed by atoms with E-state index in [2.05, 4.69) is 15.0 Å². The molecule has 5 nitrogen and oxygen atoms in total. The number of likely N-dealkylation sites (tertiary alicyclic amines) is 1. The fraction of sp³-hybridized carbons (Fsp3) is 0.500. The summed E-state index contributed by atoms with van der Waals surface area (Å²) in [5.41, 5.74) is 0.916. The molecule has 0 bridgehead atoms. The molecule has 1 saturated heterocycles. The summed E-state index contributed by atoms with van der Waals surface area (Å²) in [4.78, 5) is 19.0. The lowest BCUT2D eigenvalue weighted by molar-refractivity contribution is -0.130. The summed E-state index contributed by atoms with van der Waals surface area (Å²) in [6.07, 6.45) is 6.55. The van der Waals surface area contributed by atoms with Crippen molar-refractivity contribution < 1.29 is 9.32 Å². The van der Waals surface area contributed by atoms with Crippen molar-refractivity contribution in [1.29, 1.82) is 0 Å². The molecule has 5 heteroatoms. The number of aromatic nitrogens is 2. The Balaban J connectivity index is 1.49. The van der Waals surface area contributed by atoms with Crippen LogP contribution in [0.2, 0.25) is 0 Å². The molecule has 0 spiro atoms. The Morgan fingerprint density at radius 2 is 1.87 bits per heavy atom. The Kier molecular flexibility index (Phi) is 3.85.